The van der Waals surface area contributed by atoms with Crippen LogP contribution in [-0.2, 0) is 10.3 Å². The summed E-state index contributed by atoms with van der Waals surface area (Å²) in [6.07, 6.45) is 14.2. The first kappa shape index (κ1) is 23.1. The van der Waals surface area contributed by atoms with Crippen molar-refractivity contribution >= 4 is 17.2 Å². The first-order valence-corrected chi connectivity index (χ1v) is 12.1. The molecule has 1 unspecified atom stereocenters. The zero-order valence-electron chi connectivity index (χ0n) is 19.3. The molecule has 3 aliphatic rings. The number of benzene rings is 1. The van der Waals surface area contributed by atoms with E-state index in [1.165, 1.54) is 0 Å². The highest BCUT2D eigenvalue weighted by atomic mass is 35.5. The Hall–Kier alpha value is -2.70. The van der Waals surface area contributed by atoms with Crippen LogP contribution < -0.4 is 4.74 Å². The number of rotatable bonds is 5. The van der Waals surface area contributed by atoms with Crippen LogP contribution in [0.4, 0.5) is 0 Å². The summed E-state index contributed by atoms with van der Waals surface area (Å²) < 4.78 is 11.8. The molecule has 0 bridgehead atoms. The second kappa shape index (κ2) is 9.88. The van der Waals surface area contributed by atoms with Gasteiger partial charge in [-0.25, -0.2) is 4.98 Å². The molecule has 6 heteroatoms. The number of methoxy groups -OCH3 is 1. The van der Waals surface area contributed by atoms with E-state index in [0.29, 0.717) is 23.7 Å². The molecule has 1 saturated heterocycles. The van der Waals surface area contributed by atoms with Gasteiger partial charge < -0.3 is 19.5 Å². The van der Waals surface area contributed by atoms with Gasteiger partial charge in [0.25, 0.3) is 0 Å². The van der Waals surface area contributed by atoms with Crippen LogP contribution in [0.5, 0.6) is 5.88 Å². The van der Waals surface area contributed by atoms with Crippen LogP contribution in [0.2, 0.25) is 5.02 Å². The topological polar surface area (TPSA) is 54.8 Å². The fraction of sp³-hybridized carbons (Fsp3) is 0.321. The van der Waals surface area contributed by atoms with Crippen LogP contribution in [0.15, 0.2) is 84.3 Å². The lowest BCUT2D eigenvalue weighted by Crippen LogP contribution is -2.42. The van der Waals surface area contributed by atoms with E-state index in [2.05, 4.69) is 22.0 Å². The predicted octanol–water partition coefficient (Wildman–Crippen LogP) is 5.28. The number of hydrogen-bond acceptors (Lipinski definition) is 5. The number of aromatic nitrogens is 1. The third-order valence-electron chi connectivity index (χ3n) is 6.85. The molecule has 34 heavy (non-hydrogen) atoms. The third-order valence-corrected chi connectivity index (χ3v) is 7.18. The lowest BCUT2D eigenvalue weighted by atomic mass is 9.84. The van der Waals surface area contributed by atoms with Crippen LogP contribution >= 0.6 is 11.6 Å². The van der Waals surface area contributed by atoms with Gasteiger partial charge in [-0.1, -0.05) is 48.0 Å². The second-order valence-corrected chi connectivity index (χ2v) is 9.34. The molecule has 1 aromatic heterocycles. The van der Waals surface area contributed by atoms with Gasteiger partial charge in [-0.05, 0) is 55.2 Å². The highest BCUT2D eigenvalue weighted by Crippen LogP contribution is 2.38. The number of ether oxygens (including phenoxy) is 2. The number of nitrogens with zero attached hydrogens (tertiary/aromatic N) is 2. The van der Waals surface area contributed by atoms with E-state index in [1.807, 2.05) is 54.6 Å². The summed E-state index contributed by atoms with van der Waals surface area (Å²) >= 11 is 6.36. The van der Waals surface area contributed by atoms with Crippen molar-refractivity contribution in [3.05, 3.63) is 100 Å². The first-order chi connectivity index (χ1) is 16.6. The molecule has 5 nitrogen and oxygen atoms in total. The van der Waals surface area contributed by atoms with Gasteiger partial charge in [0.05, 0.1) is 5.60 Å². The Balaban J connectivity index is 1.30. The molecule has 2 aromatic rings. The van der Waals surface area contributed by atoms with E-state index in [9.17, 15) is 5.11 Å². The Kier molecular flexibility index (Phi) is 6.70. The predicted molar refractivity (Wildman–Crippen MR) is 135 cm³/mol. The van der Waals surface area contributed by atoms with Gasteiger partial charge in [-0.15, -0.1) is 0 Å². The summed E-state index contributed by atoms with van der Waals surface area (Å²) in [5.41, 5.74) is 3.05. The maximum Gasteiger partial charge on any atom is 0.227 e. The zero-order chi connectivity index (χ0) is 23.5. The van der Waals surface area contributed by atoms with E-state index in [4.69, 9.17) is 21.1 Å². The summed E-state index contributed by atoms with van der Waals surface area (Å²) in [4.78, 5) is 6.87. The number of halogens is 1. The normalized spacial score (nSPS) is 22.8. The van der Waals surface area contributed by atoms with Crippen molar-refractivity contribution in [3.8, 4) is 5.88 Å². The third kappa shape index (κ3) is 4.62. The van der Waals surface area contributed by atoms with Crippen LogP contribution in [0.25, 0.3) is 5.57 Å². The summed E-state index contributed by atoms with van der Waals surface area (Å²) in [6, 6.07) is 11.6. The van der Waals surface area contributed by atoms with Gasteiger partial charge in [0, 0.05) is 54.7 Å². The van der Waals surface area contributed by atoms with Gasteiger partial charge in [-0.2, -0.15) is 0 Å². The highest BCUT2D eigenvalue weighted by Gasteiger charge is 2.35. The largest absolute Gasteiger partial charge is 0.438 e. The number of piperidine rings is 1. The van der Waals surface area contributed by atoms with Crippen LogP contribution in [0.3, 0.4) is 0 Å². The molecule has 5 rings (SSSR count). The number of pyridine rings is 1. The molecule has 1 fully saturated rings. The van der Waals surface area contributed by atoms with Crippen LogP contribution in [0.1, 0.15) is 30.4 Å². The fourth-order valence-corrected chi connectivity index (χ4v) is 5.21. The molecule has 0 spiro atoms. The highest BCUT2D eigenvalue weighted by molar-refractivity contribution is 6.31. The summed E-state index contributed by atoms with van der Waals surface area (Å²) in [5, 5.41) is 11.8. The van der Waals surface area contributed by atoms with Gasteiger partial charge in [0.2, 0.25) is 5.88 Å². The minimum atomic E-state index is -0.854. The van der Waals surface area contributed by atoms with E-state index in [0.717, 1.165) is 54.1 Å². The molecular formula is C28H29ClN2O3. The number of aliphatic hydroxyl groups is 1. The quantitative estimate of drug-likeness (QED) is 0.636. The van der Waals surface area contributed by atoms with Crippen molar-refractivity contribution < 1.29 is 14.6 Å². The van der Waals surface area contributed by atoms with Gasteiger partial charge >= 0.3 is 0 Å². The fourth-order valence-electron chi connectivity index (χ4n) is 4.90. The van der Waals surface area contributed by atoms with E-state index >= 15 is 0 Å². The standard InChI is InChI=1S/C28H29ClN2O3/c1-33-25-11-4-12-26-22(25)19-20(21-8-5-15-30-27(21)34-26)7-6-16-31-17-13-28(32,14-18-31)23-9-2-3-10-24(23)29/h2-5,7-12,15,19,25,32H,6,13-14,16-18H2,1H3. The molecule has 1 aromatic carbocycles. The first-order valence-electron chi connectivity index (χ1n) is 11.7. The zero-order valence-corrected chi connectivity index (χ0v) is 20.0. The average Bonchev–Trinajstić information content (AvgIpc) is 3.02. The van der Waals surface area contributed by atoms with Crippen molar-refractivity contribution in [2.24, 2.45) is 0 Å². The van der Waals surface area contributed by atoms with Gasteiger partial charge in [0.1, 0.15) is 11.9 Å². The molecule has 0 saturated carbocycles. The van der Waals surface area contributed by atoms with Crippen molar-refractivity contribution in [1.82, 2.24) is 9.88 Å². The molecular weight excluding hydrogens is 448 g/mol. The van der Waals surface area contributed by atoms with E-state index < -0.39 is 5.60 Å². The van der Waals surface area contributed by atoms with Gasteiger partial charge in [0.15, 0.2) is 0 Å². The molecule has 1 N–H and O–H groups in total. The Morgan fingerprint density at radius 1 is 1.24 bits per heavy atom. The lowest BCUT2D eigenvalue weighted by Gasteiger charge is -2.38. The Labute approximate surface area is 205 Å². The summed E-state index contributed by atoms with van der Waals surface area (Å²) in [6.45, 7) is 2.57. The second-order valence-electron chi connectivity index (χ2n) is 8.93. The van der Waals surface area contributed by atoms with Crippen LogP contribution in [-0.4, -0.2) is 47.8 Å². The molecule has 2 aliphatic heterocycles. The molecule has 0 amide bonds. The van der Waals surface area contributed by atoms with Crippen molar-refractivity contribution in [3.63, 3.8) is 0 Å². The summed E-state index contributed by atoms with van der Waals surface area (Å²) in [5.74, 6) is 1.38. The Bertz CT molecular complexity index is 1180. The average molecular weight is 477 g/mol. The minimum Gasteiger partial charge on any atom is -0.438 e. The molecule has 0 radical (unpaired) electrons. The van der Waals surface area contributed by atoms with E-state index in [-0.39, 0.29) is 6.10 Å². The van der Waals surface area contributed by atoms with E-state index in [1.54, 1.807) is 13.3 Å². The van der Waals surface area contributed by atoms with Gasteiger partial charge in [-0.3, -0.25) is 0 Å². The number of likely N-dealkylation sites (tertiary alicyclic amines) is 1. The van der Waals surface area contributed by atoms with Crippen LogP contribution in [0, 0.1) is 0 Å². The number of allylic oxidation sites excluding steroid dienone is 4. The molecule has 1 aliphatic carbocycles. The number of hydrogen-bond donors (Lipinski definition) is 1. The maximum atomic E-state index is 11.2. The minimum absolute atomic E-state index is 0.151. The van der Waals surface area contributed by atoms with Crippen molar-refractivity contribution in [2.75, 3.05) is 26.7 Å². The van der Waals surface area contributed by atoms with Crippen molar-refractivity contribution in [2.45, 2.75) is 31.0 Å². The Morgan fingerprint density at radius 3 is 2.85 bits per heavy atom. The van der Waals surface area contributed by atoms with Crippen molar-refractivity contribution in [1.29, 1.82) is 0 Å². The number of fused-ring (bicyclic) bond motifs is 2. The molecule has 1 atom stereocenters. The lowest BCUT2D eigenvalue weighted by molar-refractivity contribution is -0.0253. The Morgan fingerprint density at radius 2 is 2.06 bits per heavy atom. The molecule has 3 heterocycles. The smallest absolute Gasteiger partial charge is 0.227 e. The monoisotopic (exact) mass is 476 g/mol. The SMILES string of the molecule is COC1C=CC=C2Oc3ncccc3C(=CCCN3CCC(O)(c4ccccc4Cl)CC3)C=C21. The summed E-state index contributed by atoms with van der Waals surface area (Å²) in [7, 11) is 1.71. The maximum absolute atomic E-state index is 11.2. The molecule has 176 valence electrons.